The zero-order chi connectivity index (χ0) is 15.0. The predicted molar refractivity (Wildman–Crippen MR) is 85.0 cm³/mol. The van der Waals surface area contributed by atoms with Crippen molar-refractivity contribution < 1.29 is 4.74 Å². The van der Waals surface area contributed by atoms with E-state index in [2.05, 4.69) is 51.8 Å². The molecule has 0 bridgehead atoms. The first-order valence-electron chi connectivity index (χ1n) is 8.28. The summed E-state index contributed by atoms with van der Waals surface area (Å²) in [5.41, 5.74) is 0.296. The van der Waals surface area contributed by atoms with Crippen LogP contribution >= 0.6 is 0 Å². The minimum atomic E-state index is -0.0266. The van der Waals surface area contributed by atoms with E-state index in [-0.39, 0.29) is 5.60 Å². The summed E-state index contributed by atoms with van der Waals surface area (Å²) >= 11 is 0. The van der Waals surface area contributed by atoms with Gasteiger partial charge in [0.25, 0.3) is 0 Å². The number of hydrogen-bond acceptors (Lipinski definition) is 3. The molecule has 0 spiro atoms. The Morgan fingerprint density at radius 3 is 2.25 bits per heavy atom. The maximum absolute atomic E-state index is 5.94. The Kier molecular flexibility index (Phi) is 4.83. The fraction of sp³-hybridized carbons (Fsp3) is 1.00. The topological polar surface area (TPSA) is 24.5 Å². The smallest absolute Gasteiger partial charge is 0.0600 e. The molecule has 2 atom stereocenters. The summed E-state index contributed by atoms with van der Waals surface area (Å²) in [6.07, 6.45) is 2.84. The normalized spacial score (nSPS) is 29.7. The minimum absolute atomic E-state index is 0.0266. The van der Waals surface area contributed by atoms with Crippen LogP contribution in [0.3, 0.4) is 0 Å². The molecule has 3 nitrogen and oxygen atoms in total. The standard InChI is InChI=1S/C17H34N2O/c1-16(2,3)15-11-18-14(13-7-8-13)12-19(15)9-10-20-17(4,5)6/h13-15,18H,7-12H2,1-6H3. The van der Waals surface area contributed by atoms with Crippen molar-refractivity contribution in [1.29, 1.82) is 0 Å². The summed E-state index contributed by atoms with van der Waals surface area (Å²) in [7, 11) is 0. The molecular weight excluding hydrogens is 248 g/mol. The van der Waals surface area contributed by atoms with Crippen molar-refractivity contribution in [3.05, 3.63) is 0 Å². The number of ether oxygens (including phenoxy) is 1. The highest BCUT2D eigenvalue weighted by Gasteiger charge is 2.40. The quantitative estimate of drug-likeness (QED) is 0.858. The van der Waals surface area contributed by atoms with Gasteiger partial charge in [-0.15, -0.1) is 0 Å². The molecule has 3 heteroatoms. The van der Waals surface area contributed by atoms with Crippen LogP contribution < -0.4 is 5.32 Å². The van der Waals surface area contributed by atoms with Crippen molar-refractivity contribution in [3.8, 4) is 0 Å². The molecule has 0 amide bonds. The zero-order valence-electron chi connectivity index (χ0n) is 14.3. The highest BCUT2D eigenvalue weighted by molar-refractivity contribution is 4.97. The molecule has 2 unspecified atom stereocenters. The van der Waals surface area contributed by atoms with Gasteiger partial charge in [0.1, 0.15) is 0 Å². The molecule has 1 aliphatic carbocycles. The summed E-state index contributed by atoms with van der Waals surface area (Å²) < 4.78 is 5.94. The summed E-state index contributed by atoms with van der Waals surface area (Å²) in [5, 5.41) is 3.79. The van der Waals surface area contributed by atoms with Gasteiger partial charge < -0.3 is 10.1 Å². The van der Waals surface area contributed by atoms with E-state index in [4.69, 9.17) is 4.74 Å². The number of piperazine rings is 1. The summed E-state index contributed by atoms with van der Waals surface area (Å²) in [6.45, 7) is 17.7. The molecule has 20 heavy (non-hydrogen) atoms. The molecule has 1 saturated heterocycles. The van der Waals surface area contributed by atoms with E-state index in [1.165, 1.54) is 19.4 Å². The predicted octanol–water partition coefficient (Wildman–Crippen LogP) is 2.90. The van der Waals surface area contributed by atoms with Crippen molar-refractivity contribution in [2.75, 3.05) is 26.2 Å². The van der Waals surface area contributed by atoms with Crippen molar-refractivity contribution in [2.24, 2.45) is 11.3 Å². The molecule has 2 aliphatic rings. The molecule has 2 rings (SSSR count). The Bertz CT molecular complexity index is 312. The molecule has 1 aliphatic heterocycles. The molecule has 0 aromatic heterocycles. The number of rotatable bonds is 4. The lowest BCUT2D eigenvalue weighted by Gasteiger charge is -2.46. The SMILES string of the molecule is CC(C)(C)OCCN1CC(C2CC2)NCC1C(C)(C)C. The second kappa shape index (κ2) is 5.94. The molecule has 1 N–H and O–H groups in total. The molecule has 1 saturated carbocycles. The van der Waals surface area contributed by atoms with Crippen LogP contribution in [0.1, 0.15) is 54.4 Å². The van der Waals surface area contributed by atoms with Gasteiger partial charge in [-0.25, -0.2) is 0 Å². The first-order chi connectivity index (χ1) is 9.17. The minimum Gasteiger partial charge on any atom is -0.375 e. The Hall–Kier alpha value is -0.120. The van der Waals surface area contributed by atoms with Crippen molar-refractivity contribution in [3.63, 3.8) is 0 Å². The van der Waals surface area contributed by atoms with E-state index in [0.717, 1.165) is 25.6 Å². The van der Waals surface area contributed by atoms with E-state index >= 15 is 0 Å². The van der Waals surface area contributed by atoms with Gasteiger partial charge in [-0.2, -0.15) is 0 Å². The third-order valence-electron chi connectivity index (χ3n) is 4.55. The molecular formula is C17H34N2O. The maximum Gasteiger partial charge on any atom is 0.0600 e. The van der Waals surface area contributed by atoms with Crippen LogP contribution in [0.5, 0.6) is 0 Å². The van der Waals surface area contributed by atoms with Crippen LogP contribution in [0.25, 0.3) is 0 Å². The van der Waals surface area contributed by atoms with E-state index in [1.54, 1.807) is 0 Å². The average molecular weight is 282 g/mol. The number of nitrogens with one attached hydrogen (secondary N) is 1. The highest BCUT2D eigenvalue weighted by atomic mass is 16.5. The fourth-order valence-electron chi connectivity index (χ4n) is 3.22. The maximum atomic E-state index is 5.94. The molecule has 2 fully saturated rings. The summed E-state index contributed by atoms with van der Waals surface area (Å²) in [6, 6.07) is 1.32. The van der Waals surface area contributed by atoms with Crippen LogP contribution in [-0.2, 0) is 4.74 Å². The Morgan fingerprint density at radius 2 is 1.75 bits per heavy atom. The summed E-state index contributed by atoms with van der Waals surface area (Å²) in [5.74, 6) is 0.932. The monoisotopic (exact) mass is 282 g/mol. The Labute approximate surface area is 125 Å². The van der Waals surface area contributed by atoms with E-state index in [1.807, 2.05) is 0 Å². The molecule has 0 aromatic rings. The Balaban J connectivity index is 1.91. The lowest BCUT2D eigenvalue weighted by molar-refractivity contribution is -0.0334. The molecule has 0 aromatic carbocycles. The van der Waals surface area contributed by atoms with Crippen LogP contribution in [0.4, 0.5) is 0 Å². The third-order valence-corrected chi connectivity index (χ3v) is 4.55. The second-order valence-electron chi connectivity index (χ2n) is 8.69. The van der Waals surface area contributed by atoms with Crippen molar-refractivity contribution in [1.82, 2.24) is 10.2 Å². The van der Waals surface area contributed by atoms with Crippen molar-refractivity contribution in [2.45, 2.75) is 72.1 Å². The van der Waals surface area contributed by atoms with Gasteiger partial charge in [-0.1, -0.05) is 20.8 Å². The average Bonchev–Trinajstić information content (AvgIpc) is 3.09. The van der Waals surface area contributed by atoms with E-state index < -0.39 is 0 Å². The van der Waals surface area contributed by atoms with Gasteiger partial charge in [0, 0.05) is 31.7 Å². The van der Waals surface area contributed by atoms with Crippen LogP contribution in [0.15, 0.2) is 0 Å². The lowest BCUT2D eigenvalue weighted by atomic mass is 9.83. The zero-order valence-corrected chi connectivity index (χ0v) is 14.3. The largest absolute Gasteiger partial charge is 0.375 e. The first kappa shape index (κ1) is 16.3. The third kappa shape index (κ3) is 4.71. The van der Waals surface area contributed by atoms with Gasteiger partial charge in [-0.05, 0) is 44.9 Å². The van der Waals surface area contributed by atoms with Gasteiger partial charge in [0.2, 0.25) is 0 Å². The highest BCUT2D eigenvalue weighted by Crippen LogP contribution is 2.36. The fourth-order valence-corrected chi connectivity index (χ4v) is 3.22. The van der Waals surface area contributed by atoms with Gasteiger partial charge in [0.15, 0.2) is 0 Å². The number of hydrogen-bond donors (Lipinski definition) is 1. The second-order valence-corrected chi connectivity index (χ2v) is 8.69. The number of nitrogens with zero attached hydrogens (tertiary/aromatic N) is 1. The van der Waals surface area contributed by atoms with Crippen LogP contribution in [-0.4, -0.2) is 48.8 Å². The van der Waals surface area contributed by atoms with Gasteiger partial charge >= 0.3 is 0 Å². The molecule has 118 valence electrons. The molecule has 1 heterocycles. The van der Waals surface area contributed by atoms with Crippen LogP contribution in [0.2, 0.25) is 0 Å². The summed E-state index contributed by atoms with van der Waals surface area (Å²) in [4.78, 5) is 2.67. The van der Waals surface area contributed by atoms with E-state index in [9.17, 15) is 0 Å². The molecule has 0 radical (unpaired) electrons. The van der Waals surface area contributed by atoms with E-state index in [0.29, 0.717) is 17.5 Å². The van der Waals surface area contributed by atoms with Crippen molar-refractivity contribution >= 4 is 0 Å². The van der Waals surface area contributed by atoms with Gasteiger partial charge in [-0.3, -0.25) is 4.90 Å². The lowest BCUT2D eigenvalue weighted by Crippen LogP contribution is -2.61. The Morgan fingerprint density at radius 1 is 1.10 bits per heavy atom. The van der Waals surface area contributed by atoms with Crippen LogP contribution in [0, 0.1) is 11.3 Å². The van der Waals surface area contributed by atoms with Gasteiger partial charge in [0.05, 0.1) is 12.2 Å². The first-order valence-corrected chi connectivity index (χ1v) is 8.28.